The van der Waals surface area contributed by atoms with Gasteiger partial charge in [-0.25, -0.2) is 14.6 Å². The summed E-state index contributed by atoms with van der Waals surface area (Å²) in [6.45, 7) is 9.81. The second-order valence-electron chi connectivity index (χ2n) is 6.28. The minimum atomic E-state index is -0.243. The molecule has 0 unspecified atom stereocenters. The molecule has 0 saturated carbocycles. The van der Waals surface area contributed by atoms with Gasteiger partial charge in [-0.15, -0.1) is 11.3 Å². The molecule has 0 atom stereocenters. The van der Waals surface area contributed by atoms with Gasteiger partial charge in [-0.1, -0.05) is 13.0 Å². The number of fused-ring (bicyclic) bond motifs is 1. The lowest BCUT2D eigenvalue weighted by atomic mass is 10.1. The van der Waals surface area contributed by atoms with E-state index in [4.69, 9.17) is 0 Å². The molecule has 2 aromatic heterocycles. The highest BCUT2D eigenvalue weighted by atomic mass is 32.1. The number of aromatic nitrogens is 3. The summed E-state index contributed by atoms with van der Waals surface area (Å²) >= 11 is 1.44. The van der Waals surface area contributed by atoms with Crippen molar-refractivity contribution >= 4 is 33.5 Å². The number of carbonyl (C=O) groups is 1. The van der Waals surface area contributed by atoms with Gasteiger partial charge < -0.3 is 5.32 Å². The fraction of sp³-hybridized carbons (Fsp3) is 0.421. The van der Waals surface area contributed by atoms with Gasteiger partial charge in [0.15, 0.2) is 5.13 Å². The summed E-state index contributed by atoms with van der Waals surface area (Å²) in [5.41, 5.74) is 3.61. The third kappa shape index (κ3) is 3.62. The molecule has 27 heavy (non-hydrogen) atoms. The third-order valence-corrected chi connectivity index (χ3v) is 5.36. The van der Waals surface area contributed by atoms with E-state index in [0.29, 0.717) is 24.8 Å². The van der Waals surface area contributed by atoms with Crippen molar-refractivity contribution in [3.63, 3.8) is 0 Å². The molecule has 0 spiro atoms. The van der Waals surface area contributed by atoms with E-state index < -0.39 is 0 Å². The number of imidazole rings is 1. The van der Waals surface area contributed by atoms with Crippen LogP contribution in [0.3, 0.4) is 0 Å². The van der Waals surface area contributed by atoms with Crippen LogP contribution in [0.4, 0.5) is 9.93 Å². The molecule has 0 radical (unpaired) electrons. The Bertz CT molecular complexity index is 1030. The molecule has 3 rings (SSSR count). The second kappa shape index (κ2) is 7.96. The molecule has 0 bridgehead atoms. The molecule has 0 aliphatic rings. The standard InChI is InChI=1S/C19H25N5O2S/c1-5-10-20-17(25)22-18-21-16(12(4)27-18)13-8-9-14-15(11-13)24(7-3)19(26)23(14)6-2/h8-9,11H,5-7,10H2,1-4H3,(H2,20,21,22,25). The third-order valence-electron chi connectivity index (χ3n) is 4.48. The summed E-state index contributed by atoms with van der Waals surface area (Å²) in [6, 6.07) is 5.72. The molecule has 2 amide bonds. The number of anilines is 1. The Kier molecular flexibility index (Phi) is 5.65. The summed E-state index contributed by atoms with van der Waals surface area (Å²) in [5.74, 6) is 0. The van der Waals surface area contributed by atoms with E-state index >= 15 is 0 Å². The van der Waals surface area contributed by atoms with Gasteiger partial charge >= 0.3 is 11.7 Å². The number of benzene rings is 1. The highest BCUT2D eigenvalue weighted by Crippen LogP contribution is 2.32. The summed E-state index contributed by atoms with van der Waals surface area (Å²) in [7, 11) is 0. The molecule has 0 aliphatic carbocycles. The number of aryl methyl sites for hydroxylation is 3. The number of thiazole rings is 1. The van der Waals surface area contributed by atoms with Crippen LogP contribution in [-0.2, 0) is 13.1 Å². The molecule has 2 heterocycles. The molecular weight excluding hydrogens is 362 g/mol. The van der Waals surface area contributed by atoms with E-state index in [-0.39, 0.29) is 11.7 Å². The molecule has 1 aromatic carbocycles. The lowest BCUT2D eigenvalue weighted by Crippen LogP contribution is -2.29. The first-order chi connectivity index (χ1) is 13.0. The molecule has 0 fully saturated rings. The van der Waals surface area contributed by atoms with Crippen LogP contribution in [0.2, 0.25) is 0 Å². The van der Waals surface area contributed by atoms with Gasteiger partial charge in [-0.05, 0) is 39.3 Å². The van der Waals surface area contributed by atoms with Crippen molar-refractivity contribution in [3.8, 4) is 11.3 Å². The molecule has 0 saturated heterocycles. The maximum atomic E-state index is 12.5. The fourth-order valence-electron chi connectivity index (χ4n) is 3.18. The Morgan fingerprint density at radius 3 is 2.52 bits per heavy atom. The largest absolute Gasteiger partial charge is 0.338 e. The van der Waals surface area contributed by atoms with Crippen LogP contribution in [-0.4, -0.2) is 26.7 Å². The monoisotopic (exact) mass is 387 g/mol. The van der Waals surface area contributed by atoms with Crippen LogP contribution < -0.4 is 16.3 Å². The maximum absolute atomic E-state index is 12.5. The fourth-order valence-corrected chi connectivity index (χ4v) is 4.01. The molecule has 144 valence electrons. The Morgan fingerprint density at radius 2 is 1.85 bits per heavy atom. The normalized spacial score (nSPS) is 11.1. The number of nitrogens with zero attached hydrogens (tertiary/aromatic N) is 3. The van der Waals surface area contributed by atoms with E-state index in [9.17, 15) is 9.59 Å². The smallest absolute Gasteiger partial charge is 0.329 e. The molecule has 7 nitrogen and oxygen atoms in total. The van der Waals surface area contributed by atoms with Gasteiger partial charge in [0, 0.05) is 30.1 Å². The number of urea groups is 1. The Labute approximate surface area is 162 Å². The number of rotatable bonds is 6. The molecule has 3 aromatic rings. The van der Waals surface area contributed by atoms with Crippen LogP contribution in [0.5, 0.6) is 0 Å². The van der Waals surface area contributed by atoms with Crippen LogP contribution in [0, 0.1) is 6.92 Å². The van der Waals surface area contributed by atoms with Crippen molar-refractivity contribution < 1.29 is 4.79 Å². The van der Waals surface area contributed by atoms with Crippen LogP contribution >= 0.6 is 11.3 Å². The number of carbonyl (C=O) groups excluding carboxylic acids is 1. The van der Waals surface area contributed by atoms with E-state index in [2.05, 4.69) is 15.6 Å². The zero-order valence-corrected chi connectivity index (χ0v) is 16.9. The van der Waals surface area contributed by atoms with Crippen molar-refractivity contribution in [3.05, 3.63) is 33.6 Å². The number of nitrogens with one attached hydrogen (secondary N) is 2. The molecule has 8 heteroatoms. The van der Waals surface area contributed by atoms with Gasteiger partial charge in [-0.2, -0.15) is 0 Å². The second-order valence-corrected chi connectivity index (χ2v) is 7.48. The lowest BCUT2D eigenvalue weighted by molar-refractivity contribution is 0.252. The number of amides is 2. The first-order valence-electron chi connectivity index (χ1n) is 9.25. The number of hydrogen-bond acceptors (Lipinski definition) is 4. The minimum absolute atomic E-state index is 0.0112. The van der Waals surface area contributed by atoms with Crippen LogP contribution in [0.1, 0.15) is 32.1 Å². The van der Waals surface area contributed by atoms with E-state index in [1.807, 2.05) is 45.9 Å². The molecule has 2 N–H and O–H groups in total. The minimum Gasteiger partial charge on any atom is -0.338 e. The summed E-state index contributed by atoms with van der Waals surface area (Å²) < 4.78 is 3.56. The van der Waals surface area contributed by atoms with Gasteiger partial charge in [-0.3, -0.25) is 14.5 Å². The average molecular weight is 388 g/mol. The van der Waals surface area contributed by atoms with Crippen molar-refractivity contribution in [2.45, 2.75) is 47.2 Å². The lowest BCUT2D eigenvalue weighted by Gasteiger charge is -2.03. The summed E-state index contributed by atoms with van der Waals surface area (Å²) in [5, 5.41) is 6.13. The Morgan fingerprint density at radius 1 is 1.15 bits per heavy atom. The van der Waals surface area contributed by atoms with E-state index in [1.54, 1.807) is 9.13 Å². The van der Waals surface area contributed by atoms with E-state index in [0.717, 1.165) is 33.6 Å². The zero-order chi connectivity index (χ0) is 19.6. The summed E-state index contributed by atoms with van der Waals surface area (Å²) in [6.07, 6.45) is 0.881. The Hall–Kier alpha value is -2.61. The molecule has 0 aliphatic heterocycles. The van der Waals surface area contributed by atoms with Gasteiger partial charge in [0.05, 0.1) is 16.7 Å². The average Bonchev–Trinajstić information content (AvgIpc) is 3.15. The van der Waals surface area contributed by atoms with Gasteiger partial charge in [0.1, 0.15) is 0 Å². The highest BCUT2D eigenvalue weighted by molar-refractivity contribution is 7.16. The SMILES string of the molecule is CCCNC(=O)Nc1nc(-c2ccc3c(c2)n(CC)c(=O)n3CC)c(C)s1. The van der Waals surface area contributed by atoms with Crippen LogP contribution in [0.25, 0.3) is 22.3 Å². The topological polar surface area (TPSA) is 81.0 Å². The summed E-state index contributed by atoms with van der Waals surface area (Å²) in [4.78, 5) is 30.0. The molecular formula is C19H25N5O2S. The van der Waals surface area contributed by atoms with Gasteiger partial charge in [0.25, 0.3) is 0 Å². The quantitative estimate of drug-likeness (QED) is 0.675. The van der Waals surface area contributed by atoms with Crippen molar-refractivity contribution in [1.29, 1.82) is 0 Å². The Balaban J connectivity index is 1.98. The maximum Gasteiger partial charge on any atom is 0.329 e. The highest BCUT2D eigenvalue weighted by Gasteiger charge is 2.16. The first-order valence-corrected chi connectivity index (χ1v) is 10.1. The predicted octanol–water partition coefficient (Wildman–Crippen LogP) is 3.81. The van der Waals surface area contributed by atoms with E-state index in [1.165, 1.54) is 11.3 Å². The predicted molar refractivity (Wildman–Crippen MR) is 111 cm³/mol. The number of hydrogen-bond donors (Lipinski definition) is 2. The first kappa shape index (κ1) is 19.2. The van der Waals surface area contributed by atoms with Crippen LogP contribution in [0.15, 0.2) is 23.0 Å². The zero-order valence-electron chi connectivity index (χ0n) is 16.1. The van der Waals surface area contributed by atoms with Gasteiger partial charge in [0.2, 0.25) is 0 Å². The van der Waals surface area contributed by atoms with Crippen molar-refractivity contribution in [1.82, 2.24) is 19.4 Å². The van der Waals surface area contributed by atoms with Crippen molar-refractivity contribution in [2.75, 3.05) is 11.9 Å². The van der Waals surface area contributed by atoms with Crippen molar-refractivity contribution in [2.24, 2.45) is 0 Å².